The highest BCUT2D eigenvalue weighted by Gasteiger charge is 2.28. The molecule has 2 aromatic rings. The number of anilines is 1. The number of fused-ring (bicyclic) bond motifs is 1. The number of amides is 1. The van der Waals surface area contributed by atoms with Crippen molar-refractivity contribution in [3.8, 4) is 5.75 Å². The summed E-state index contributed by atoms with van der Waals surface area (Å²) in [6, 6.07) is 7.55. The van der Waals surface area contributed by atoms with E-state index in [1.54, 1.807) is 5.38 Å². The molecule has 1 aromatic carbocycles. The highest BCUT2D eigenvalue weighted by atomic mass is 32.1. The second-order valence-electron chi connectivity index (χ2n) is 4.81. The molecule has 1 aromatic heterocycles. The average Bonchev–Trinajstić information content (AvgIpc) is 2.95. The molecule has 3 rings (SSSR count). The van der Waals surface area contributed by atoms with Crippen LogP contribution in [0.4, 0.5) is 5.13 Å². The number of carbonyl (C=O) groups excluding carboxylic acids is 2. The third-order valence-corrected chi connectivity index (χ3v) is 4.13. The molecule has 6 heteroatoms. The largest absolute Gasteiger partial charge is 0.493 e. The molecule has 1 aliphatic rings. The van der Waals surface area contributed by atoms with Gasteiger partial charge in [-0.1, -0.05) is 18.2 Å². The first-order valence-electron chi connectivity index (χ1n) is 6.64. The highest BCUT2D eigenvalue weighted by molar-refractivity contribution is 7.14. The van der Waals surface area contributed by atoms with Gasteiger partial charge in [-0.25, -0.2) is 4.98 Å². The quantitative estimate of drug-likeness (QED) is 0.885. The summed E-state index contributed by atoms with van der Waals surface area (Å²) in [7, 11) is 0. The Morgan fingerprint density at radius 3 is 2.95 bits per heavy atom. The molecule has 0 saturated carbocycles. The third-order valence-electron chi connectivity index (χ3n) is 3.37. The van der Waals surface area contributed by atoms with Crippen molar-refractivity contribution in [1.82, 2.24) is 4.98 Å². The Kier molecular flexibility index (Phi) is 3.70. The van der Waals surface area contributed by atoms with Crippen LogP contribution in [0.2, 0.25) is 0 Å². The summed E-state index contributed by atoms with van der Waals surface area (Å²) in [6.45, 7) is 1.97. The van der Waals surface area contributed by atoms with Gasteiger partial charge in [0.25, 0.3) is 0 Å². The summed E-state index contributed by atoms with van der Waals surface area (Å²) in [4.78, 5) is 27.8. The fourth-order valence-corrected chi connectivity index (χ4v) is 3.05. The maximum atomic E-state index is 12.4. The molecular formula is C15H14N2O3S. The van der Waals surface area contributed by atoms with Gasteiger partial charge >= 0.3 is 0 Å². The van der Waals surface area contributed by atoms with E-state index in [0.29, 0.717) is 23.9 Å². The van der Waals surface area contributed by atoms with E-state index in [4.69, 9.17) is 4.74 Å². The lowest BCUT2D eigenvalue weighted by atomic mass is 9.92. The number of aromatic nitrogens is 1. The SMILES string of the molecule is CC(=O)c1csc(NC(=O)C2CCOc3ccccc32)n1. The van der Waals surface area contributed by atoms with E-state index in [1.807, 2.05) is 24.3 Å². The van der Waals surface area contributed by atoms with Crippen LogP contribution in [0.15, 0.2) is 29.6 Å². The number of hydrogen-bond acceptors (Lipinski definition) is 5. The van der Waals surface area contributed by atoms with E-state index >= 15 is 0 Å². The second kappa shape index (κ2) is 5.65. The number of rotatable bonds is 3. The number of ether oxygens (including phenoxy) is 1. The molecule has 21 heavy (non-hydrogen) atoms. The maximum Gasteiger partial charge on any atom is 0.233 e. The van der Waals surface area contributed by atoms with E-state index < -0.39 is 0 Å². The van der Waals surface area contributed by atoms with E-state index in [1.165, 1.54) is 18.3 Å². The normalized spacial score (nSPS) is 16.7. The van der Waals surface area contributed by atoms with Crippen LogP contribution in [0.5, 0.6) is 5.75 Å². The highest BCUT2D eigenvalue weighted by Crippen LogP contribution is 2.34. The molecule has 1 unspecified atom stereocenters. The smallest absolute Gasteiger partial charge is 0.233 e. The summed E-state index contributed by atoms with van der Waals surface area (Å²) in [5.41, 5.74) is 1.27. The van der Waals surface area contributed by atoms with Gasteiger partial charge in [0.05, 0.1) is 12.5 Å². The minimum absolute atomic E-state index is 0.108. The first kappa shape index (κ1) is 13.8. The van der Waals surface area contributed by atoms with Gasteiger partial charge in [-0.3, -0.25) is 9.59 Å². The van der Waals surface area contributed by atoms with Crippen LogP contribution in [0.3, 0.4) is 0 Å². The van der Waals surface area contributed by atoms with Crippen molar-refractivity contribution < 1.29 is 14.3 Å². The lowest BCUT2D eigenvalue weighted by molar-refractivity contribution is -0.118. The number of nitrogens with zero attached hydrogens (tertiary/aromatic N) is 1. The summed E-state index contributed by atoms with van der Waals surface area (Å²) >= 11 is 1.26. The fourth-order valence-electron chi connectivity index (χ4n) is 2.30. The third kappa shape index (κ3) is 2.80. The van der Waals surface area contributed by atoms with Gasteiger partial charge in [0.2, 0.25) is 5.91 Å². The van der Waals surface area contributed by atoms with Crippen LogP contribution in [0.1, 0.15) is 35.3 Å². The Hall–Kier alpha value is -2.21. The average molecular weight is 302 g/mol. The molecule has 2 heterocycles. The van der Waals surface area contributed by atoms with Crippen LogP contribution in [-0.2, 0) is 4.79 Å². The number of hydrogen-bond donors (Lipinski definition) is 1. The van der Waals surface area contributed by atoms with Crippen molar-refractivity contribution in [3.05, 3.63) is 40.9 Å². The van der Waals surface area contributed by atoms with Crippen molar-refractivity contribution in [2.75, 3.05) is 11.9 Å². The number of carbonyl (C=O) groups is 2. The zero-order valence-corrected chi connectivity index (χ0v) is 12.3. The van der Waals surface area contributed by atoms with Gasteiger partial charge in [-0.05, 0) is 12.5 Å². The maximum absolute atomic E-state index is 12.4. The predicted molar refractivity (Wildman–Crippen MR) is 80.0 cm³/mol. The Labute approximate surface area is 126 Å². The van der Waals surface area contributed by atoms with E-state index in [2.05, 4.69) is 10.3 Å². The molecule has 0 spiro atoms. The molecule has 0 aliphatic carbocycles. The number of para-hydroxylation sites is 1. The van der Waals surface area contributed by atoms with Crippen LogP contribution in [0, 0.1) is 0 Å². The number of nitrogens with one attached hydrogen (secondary N) is 1. The molecule has 0 fully saturated rings. The zero-order valence-electron chi connectivity index (χ0n) is 11.5. The molecule has 0 saturated heterocycles. The number of Topliss-reactive ketones (excluding diaryl/α,β-unsaturated/α-hetero) is 1. The van der Waals surface area contributed by atoms with E-state index in [-0.39, 0.29) is 17.6 Å². The van der Waals surface area contributed by atoms with Gasteiger partial charge < -0.3 is 10.1 Å². The minimum Gasteiger partial charge on any atom is -0.493 e. The van der Waals surface area contributed by atoms with Gasteiger partial charge in [-0.15, -0.1) is 11.3 Å². The zero-order chi connectivity index (χ0) is 14.8. The molecule has 1 amide bonds. The van der Waals surface area contributed by atoms with Crippen molar-refractivity contribution in [2.24, 2.45) is 0 Å². The molecule has 1 aliphatic heterocycles. The summed E-state index contributed by atoms with van der Waals surface area (Å²) in [5, 5.41) is 4.89. The lowest BCUT2D eigenvalue weighted by Gasteiger charge is -2.24. The first-order chi connectivity index (χ1) is 10.1. The van der Waals surface area contributed by atoms with Gasteiger partial charge in [0, 0.05) is 17.9 Å². The van der Waals surface area contributed by atoms with Gasteiger partial charge in [0.1, 0.15) is 11.4 Å². The van der Waals surface area contributed by atoms with Crippen LogP contribution in [-0.4, -0.2) is 23.3 Å². The van der Waals surface area contributed by atoms with E-state index in [9.17, 15) is 9.59 Å². The van der Waals surface area contributed by atoms with E-state index in [0.717, 1.165) is 11.3 Å². The van der Waals surface area contributed by atoms with Gasteiger partial charge in [-0.2, -0.15) is 0 Å². The molecule has 108 valence electrons. The standard InChI is InChI=1S/C15H14N2O3S/c1-9(18)12-8-21-15(16-12)17-14(19)11-6-7-20-13-5-3-2-4-10(11)13/h2-5,8,11H,6-7H2,1H3,(H,16,17,19). The molecule has 0 radical (unpaired) electrons. The minimum atomic E-state index is -0.250. The van der Waals surface area contributed by atoms with Crippen molar-refractivity contribution in [3.63, 3.8) is 0 Å². The monoisotopic (exact) mass is 302 g/mol. The van der Waals surface area contributed by atoms with Crippen molar-refractivity contribution in [1.29, 1.82) is 0 Å². The molecule has 5 nitrogen and oxygen atoms in total. The Bertz CT molecular complexity index is 696. The molecule has 1 N–H and O–H groups in total. The van der Waals surface area contributed by atoms with Crippen LogP contribution < -0.4 is 10.1 Å². The van der Waals surface area contributed by atoms with Gasteiger partial charge in [0.15, 0.2) is 10.9 Å². The molecule has 0 bridgehead atoms. The summed E-state index contributed by atoms with van der Waals surface area (Å²) in [6.07, 6.45) is 0.633. The number of thiazole rings is 1. The topological polar surface area (TPSA) is 68.3 Å². The van der Waals surface area contributed by atoms with Crippen molar-refractivity contribution in [2.45, 2.75) is 19.3 Å². The summed E-state index contributed by atoms with van der Waals surface area (Å²) < 4.78 is 5.55. The number of benzene rings is 1. The van der Waals surface area contributed by atoms with Crippen LogP contribution in [0.25, 0.3) is 0 Å². The Balaban J connectivity index is 1.78. The molecule has 1 atom stereocenters. The predicted octanol–water partition coefficient (Wildman–Crippen LogP) is 2.85. The summed E-state index contributed by atoms with van der Waals surface area (Å²) in [5.74, 6) is 0.283. The molecular weight excluding hydrogens is 288 g/mol. The second-order valence-corrected chi connectivity index (χ2v) is 5.67. The lowest BCUT2D eigenvalue weighted by Crippen LogP contribution is -2.26. The van der Waals surface area contributed by atoms with Crippen LogP contribution >= 0.6 is 11.3 Å². The first-order valence-corrected chi connectivity index (χ1v) is 7.52. The number of ketones is 1. The van der Waals surface area contributed by atoms with Crippen molar-refractivity contribution >= 4 is 28.2 Å². The fraction of sp³-hybridized carbons (Fsp3) is 0.267. The Morgan fingerprint density at radius 1 is 1.38 bits per heavy atom. The Morgan fingerprint density at radius 2 is 2.19 bits per heavy atom.